The van der Waals surface area contributed by atoms with Crippen molar-refractivity contribution in [3.8, 4) is 11.5 Å². The number of carbonyl (C=O) groups excluding carboxylic acids is 1. The molecular formula is C22H28N2O5S. The molecule has 2 aromatic rings. The molecule has 0 aliphatic heterocycles. The molecule has 0 bridgehead atoms. The van der Waals surface area contributed by atoms with Gasteiger partial charge in [-0.15, -0.1) is 0 Å². The summed E-state index contributed by atoms with van der Waals surface area (Å²) in [6.45, 7) is 1.81. The van der Waals surface area contributed by atoms with E-state index in [4.69, 9.17) is 9.47 Å². The van der Waals surface area contributed by atoms with Crippen molar-refractivity contribution in [3.05, 3.63) is 48.0 Å². The molecule has 8 heteroatoms. The fraction of sp³-hybridized carbons (Fsp3) is 0.409. The first kappa shape index (κ1) is 22.0. The van der Waals surface area contributed by atoms with Gasteiger partial charge in [0, 0.05) is 16.9 Å². The number of amides is 1. The molecule has 0 unspecified atom stereocenters. The molecule has 2 aromatic carbocycles. The molecular weight excluding hydrogens is 404 g/mol. The van der Waals surface area contributed by atoms with Crippen molar-refractivity contribution >= 4 is 27.3 Å². The van der Waals surface area contributed by atoms with E-state index in [9.17, 15) is 13.2 Å². The van der Waals surface area contributed by atoms with Crippen molar-refractivity contribution in [1.82, 2.24) is 0 Å². The second-order valence-electron chi connectivity index (χ2n) is 7.34. The normalized spacial score (nSPS) is 14.3. The second kappa shape index (κ2) is 9.84. The van der Waals surface area contributed by atoms with Gasteiger partial charge in [0.1, 0.15) is 0 Å². The number of nitrogens with one attached hydrogen (secondary N) is 2. The summed E-state index contributed by atoms with van der Waals surface area (Å²) in [6.07, 6.45) is 5.16. The van der Waals surface area contributed by atoms with Crippen molar-refractivity contribution < 1.29 is 22.7 Å². The number of hydrogen-bond acceptors (Lipinski definition) is 5. The average molecular weight is 433 g/mol. The highest BCUT2D eigenvalue weighted by atomic mass is 32.2. The summed E-state index contributed by atoms with van der Waals surface area (Å²) >= 11 is 0. The maximum absolute atomic E-state index is 12.6. The summed E-state index contributed by atoms with van der Waals surface area (Å²) in [5.74, 6) is 0.938. The van der Waals surface area contributed by atoms with Gasteiger partial charge in [0.25, 0.3) is 5.91 Å². The zero-order chi connectivity index (χ0) is 21.6. The van der Waals surface area contributed by atoms with Crippen LogP contribution in [0.1, 0.15) is 49.4 Å². The lowest BCUT2D eigenvalue weighted by Gasteiger charge is -2.16. The summed E-state index contributed by atoms with van der Waals surface area (Å²) in [5, 5.41) is 2.80. The number of sulfonamides is 1. The molecule has 162 valence electrons. The Bertz CT molecular complexity index is 968. The first-order chi connectivity index (χ1) is 14.4. The van der Waals surface area contributed by atoms with Crippen molar-refractivity contribution in [3.63, 3.8) is 0 Å². The predicted molar refractivity (Wildman–Crippen MR) is 118 cm³/mol. The summed E-state index contributed by atoms with van der Waals surface area (Å²) < 4.78 is 37.6. The fourth-order valence-electron chi connectivity index (χ4n) is 3.42. The topological polar surface area (TPSA) is 93.7 Å². The van der Waals surface area contributed by atoms with E-state index in [1.807, 2.05) is 0 Å². The fourth-order valence-corrected chi connectivity index (χ4v) is 4.55. The number of hydrogen-bond donors (Lipinski definition) is 2. The van der Waals surface area contributed by atoms with Gasteiger partial charge in [-0.05, 0) is 74.6 Å². The smallest absolute Gasteiger partial charge is 0.255 e. The standard InChI is InChI=1S/C22H28N2O5S/c1-3-14-30(26,27)24-18-11-9-17(10-12-18)23-22(25)16-8-13-20(21(15-16)28-2)29-19-6-4-5-7-19/h8-13,15,19,24H,3-7,14H2,1-2H3,(H,23,25). The second-order valence-corrected chi connectivity index (χ2v) is 9.18. The van der Waals surface area contributed by atoms with E-state index >= 15 is 0 Å². The molecule has 0 saturated heterocycles. The van der Waals surface area contributed by atoms with Crippen LogP contribution in [-0.4, -0.2) is 33.3 Å². The van der Waals surface area contributed by atoms with Crippen LogP contribution in [0.15, 0.2) is 42.5 Å². The molecule has 0 aromatic heterocycles. The summed E-state index contributed by atoms with van der Waals surface area (Å²) in [6, 6.07) is 11.6. The maximum atomic E-state index is 12.6. The molecule has 0 spiro atoms. The first-order valence-electron chi connectivity index (χ1n) is 10.2. The van der Waals surface area contributed by atoms with Crippen LogP contribution in [0.25, 0.3) is 0 Å². The van der Waals surface area contributed by atoms with Crippen molar-refractivity contribution in [2.24, 2.45) is 0 Å². The Morgan fingerprint density at radius 3 is 2.33 bits per heavy atom. The van der Waals surface area contributed by atoms with Crippen LogP contribution in [0.2, 0.25) is 0 Å². The van der Waals surface area contributed by atoms with Crippen LogP contribution in [0.3, 0.4) is 0 Å². The molecule has 30 heavy (non-hydrogen) atoms. The largest absolute Gasteiger partial charge is 0.493 e. The highest BCUT2D eigenvalue weighted by molar-refractivity contribution is 7.92. The minimum absolute atomic E-state index is 0.0633. The SMILES string of the molecule is CCCS(=O)(=O)Nc1ccc(NC(=O)c2ccc(OC3CCCC3)c(OC)c2)cc1. The third-order valence-electron chi connectivity index (χ3n) is 4.91. The van der Waals surface area contributed by atoms with E-state index < -0.39 is 10.0 Å². The molecule has 7 nitrogen and oxygen atoms in total. The van der Waals surface area contributed by atoms with Gasteiger partial charge in [-0.2, -0.15) is 0 Å². The molecule has 1 aliphatic rings. The highest BCUT2D eigenvalue weighted by Crippen LogP contribution is 2.32. The Balaban J connectivity index is 1.65. The summed E-state index contributed by atoms with van der Waals surface area (Å²) in [4.78, 5) is 12.6. The average Bonchev–Trinajstić information content (AvgIpc) is 3.22. The molecule has 1 aliphatic carbocycles. The summed E-state index contributed by atoms with van der Waals surface area (Å²) in [5.41, 5.74) is 1.46. The van der Waals surface area contributed by atoms with Gasteiger partial charge in [0.15, 0.2) is 11.5 Å². The Morgan fingerprint density at radius 1 is 1.03 bits per heavy atom. The molecule has 0 heterocycles. The van der Waals surface area contributed by atoms with E-state index in [1.54, 1.807) is 56.5 Å². The van der Waals surface area contributed by atoms with E-state index in [0.717, 1.165) is 12.8 Å². The Hall–Kier alpha value is -2.74. The van der Waals surface area contributed by atoms with Gasteiger partial charge in [0.2, 0.25) is 10.0 Å². The summed E-state index contributed by atoms with van der Waals surface area (Å²) in [7, 11) is -1.79. The zero-order valence-electron chi connectivity index (χ0n) is 17.3. The third-order valence-corrected chi connectivity index (χ3v) is 6.40. The first-order valence-corrected chi connectivity index (χ1v) is 11.8. The molecule has 3 rings (SSSR count). The molecule has 2 N–H and O–H groups in total. The van der Waals surface area contributed by atoms with Crippen molar-refractivity contribution in [2.45, 2.75) is 45.1 Å². The number of ether oxygens (including phenoxy) is 2. The van der Waals surface area contributed by atoms with Crippen LogP contribution in [0, 0.1) is 0 Å². The van der Waals surface area contributed by atoms with Crippen molar-refractivity contribution in [2.75, 3.05) is 22.9 Å². The number of methoxy groups -OCH3 is 1. The van der Waals surface area contributed by atoms with E-state index in [0.29, 0.717) is 34.9 Å². The van der Waals surface area contributed by atoms with Gasteiger partial charge < -0.3 is 14.8 Å². The Kier molecular flexibility index (Phi) is 7.20. The molecule has 1 amide bonds. The lowest BCUT2D eigenvalue weighted by Crippen LogP contribution is -2.16. The van der Waals surface area contributed by atoms with Gasteiger partial charge in [-0.3, -0.25) is 9.52 Å². The van der Waals surface area contributed by atoms with Crippen molar-refractivity contribution in [1.29, 1.82) is 0 Å². The van der Waals surface area contributed by atoms with Gasteiger partial charge in [-0.25, -0.2) is 8.42 Å². The monoisotopic (exact) mass is 432 g/mol. The third kappa shape index (κ3) is 5.89. The molecule has 0 radical (unpaired) electrons. The lowest BCUT2D eigenvalue weighted by atomic mass is 10.1. The van der Waals surface area contributed by atoms with Gasteiger partial charge in [0.05, 0.1) is 19.0 Å². The minimum atomic E-state index is -3.35. The van der Waals surface area contributed by atoms with Crippen LogP contribution >= 0.6 is 0 Å². The quantitative estimate of drug-likeness (QED) is 0.612. The van der Waals surface area contributed by atoms with Gasteiger partial charge >= 0.3 is 0 Å². The number of carbonyl (C=O) groups is 1. The predicted octanol–water partition coefficient (Wildman–Crippen LogP) is 4.42. The number of rotatable bonds is 9. The maximum Gasteiger partial charge on any atom is 0.255 e. The van der Waals surface area contributed by atoms with Gasteiger partial charge in [-0.1, -0.05) is 6.92 Å². The molecule has 1 saturated carbocycles. The van der Waals surface area contributed by atoms with E-state index in [-0.39, 0.29) is 17.8 Å². The van der Waals surface area contributed by atoms with Crippen LogP contribution in [0.5, 0.6) is 11.5 Å². The van der Waals surface area contributed by atoms with Crippen LogP contribution in [0.4, 0.5) is 11.4 Å². The Labute approximate surface area is 177 Å². The minimum Gasteiger partial charge on any atom is -0.493 e. The van der Waals surface area contributed by atoms with E-state index in [2.05, 4.69) is 10.0 Å². The molecule has 0 atom stereocenters. The van der Waals surface area contributed by atoms with Crippen LogP contribution < -0.4 is 19.5 Å². The number of anilines is 2. The number of benzene rings is 2. The highest BCUT2D eigenvalue weighted by Gasteiger charge is 2.19. The zero-order valence-corrected chi connectivity index (χ0v) is 18.1. The lowest BCUT2D eigenvalue weighted by molar-refractivity contribution is 0.102. The molecule has 1 fully saturated rings. The van der Waals surface area contributed by atoms with Crippen LogP contribution in [-0.2, 0) is 10.0 Å². The van der Waals surface area contributed by atoms with E-state index in [1.165, 1.54) is 12.8 Å². The Morgan fingerprint density at radius 2 is 1.70 bits per heavy atom.